The summed E-state index contributed by atoms with van der Waals surface area (Å²) in [5, 5.41) is 3.02. The highest BCUT2D eigenvalue weighted by Gasteiger charge is 2.22. The summed E-state index contributed by atoms with van der Waals surface area (Å²) in [6, 6.07) is -0.376. The van der Waals surface area contributed by atoms with E-state index in [0.717, 1.165) is 45.2 Å². The normalized spacial score (nSPS) is 14.5. The number of nitrogens with two attached hydrogens (primary N) is 1. The van der Waals surface area contributed by atoms with Crippen LogP contribution >= 0.6 is 0 Å². The fourth-order valence-electron chi connectivity index (χ4n) is 4.76. The van der Waals surface area contributed by atoms with E-state index < -0.39 is 0 Å². The van der Waals surface area contributed by atoms with Gasteiger partial charge < -0.3 is 16.0 Å². The van der Waals surface area contributed by atoms with Crippen LogP contribution in [0.1, 0.15) is 142 Å². The van der Waals surface area contributed by atoms with Crippen molar-refractivity contribution in [1.82, 2.24) is 10.2 Å². The minimum atomic E-state index is -0.376. The van der Waals surface area contributed by atoms with Crippen molar-refractivity contribution in [1.29, 1.82) is 0 Å². The maximum absolute atomic E-state index is 12.2. The van der Waals surface area contributed by atoms with Crippen LogP contribution in [0.3, 0.4) is 0 Å². The van der Waals surface area contributed by atoms with Gasteiger partial charge in [-0.05, 0) is 38.5 Å². The number of hydrogen-bond acceptors (Lipinski definition) is 3. The van der Waals surface area contributed by atoms with Crippen LogP contribution in [0.15, 0.2) is 0 Å². The lowest BCUT2D eigenvalue weighted by Crippen LogP contribution is -2.42. The van der Waals surface area contributed by atoms with Crippen LogP contribution in [0.4, 0.5) is 0 Å². The lowest BCUT2D eigenvalue weighted by atomic mass is 10.0. The Morgan fingerprint density at radius 2 is 1.21 bits per heavy atom. The lowest BCUT2D eigenvalue weighted by Gasteiger charge is -2.20. The van der Waals surface area contributed by atoms with E-state index in [0.29, 0.717) is 19.4 Å². The Hall–Kier alpha value is -1.10. The molecule has 0 saturated carbocycles. The van der Waals surface area contributed by atoms with Crippen molar-refractivity contribution < 1.29 is 9.59 Å². The molecule has 1 aliphatic heterocycles. The molecule has 5 nitrogen and oxygen atoms in total. The number of carbonyl (C=O) groups excluding carboxylic acids is 2. The van der Waals surface area contributed by atoms with Crippen molar-refractivity contribution in [3.05, 3.63) is 0 Å². The van der Waals surface area contributed by atoms with Crippen molar-refractivity contribution in [2.75, 3.05) is 19.6 Å². The fraction of sp³-hybridized carbons (Fsp3) is 0.929. The molecule has 0 spiro atoms. The molecule has 0 aromatic heterocycles. The number of rotatable bonds is 22. The Labute approximate surface area is 205 Å². The van der Waals surface area contributed by atoms with Gasteiger partial charge >= 0.3 is 0 Å². The van der Waals surface area contributed by atoms with Crippen LogP contribution in [-0.4, -0.2) is 42.4 Å². The second-order valence-electron chi connectivity index (χ2n) is 10.2. The number of carbonyl (C=O) groups is 2. The van der Waals surface area contributed by atoms with Gasteiger partial charge in [-0.2, -0.15) is 0 Å². The second-order valence-corrected chi connectivity index (χ2v) is 10.2. The first-order chi connectivity index (χ1) is 16.1. The molecule has 194 valence electrons. The number of hydrogen-bond donors (Lipinski definition) is 2. The Kier molecular flexibility index (Phi) is 19.4. The summed E-state index contributed by atoms with van der Waals surface area (Å²) in [4.78, 5) is 26.0. The fourth-order valence-corrected chi connectivity index (χ4v) is 4.76. The maximum atomic E-state index is 12.2. The first-order valence-electron chi connectivity index (χ1n) is 14.5. The summed E-state index contributed by atoms with van der Waals surface area (Å²) in [6.07, 6.45) is 25.5. The molecule has 1 rings (SSSR count). The average Bonchev–Trinajstić information content (AvgIpc) is 3.35. The zero-order valence-corrected chi connectivity index (χ0v) is 21.9. The van der Waals surface area contributed by atoms with Crippen molar-refractivity contribution in [2.45, 2.75) is 148 Å². The first kappa shape index (κ1) is 29.9. The highest BCUT2D eigenvalue weighted by Crippen LogP contribution is 2.14. The summed E-state index contributed by atoms with van der Waals surface area (Å²) in [5.41, 5.74) is 6.03. The lowest BCUT2D eigenvalue weighted by molar-refractivity contribution is -0.131. The number of nitrogens with zero attached hydrogens (tertiary/aromatic N) is 1. The molecular formula is C28H55N3O2. The van der Waals surface area contributed by atoms with Crippen molar-refractivity contribution in [2.24, 2.45) is 5.73 Å². The zero-order chi connectivity index (χ0) is 24.0. The third-order valence-electron chi connectivity index (χ3n) is 7.01. The monoisotopic (exact) mass is 465 g/mol. The average molecular weight is 466 g/mol. The second kappa shape index (κ2) is 21.4. The molecule has 5 heteroatoms. The summed E-state index contributed by atoms with van der Waals surface area (Å²) in [7, 11) is 0. The molecular weight excluding hydrogens is 410 g/mol. The quantitative estimate of drug-likeness (QED) is 0.180. The Morgan fingerprint density at radius 3 is 1.73 bits per heavy atom. The molecule has 1 saturated heterocycles. The molecule has 2 amide bonds. The van der Waals surface area contributed by atoms with Gasteiger partial charge in [0.15, 0.2) is 0 Å². The van der Waals surface area contributed by atoms with Gasteiger partial charge in [0.05, 0.1) is 6.04 Å². The van der Waals surface area contributed by atoms with Crippen LogP contribution < -0.4 is 11.1 Å². The Balaban J connectivity index is 1.78. The Bertz CT molecular complexity index is 478. The van der Waals surface area contributed by atoms with Gasteiger partial charge in [0.1, 0.15) is 0 Å². The van der Waals surface area contributed by atoms with E-state index in [1.54, 1.807) is 0 Å². The van der Waals surface area contributed by atoms with Crippen molar-refractivity contribution >= 4 is 11.8 Å². The molecule has 3 N–H and O–H groups in total. The van der Waals surface area contributed by atoms with E-state index >= 15 is 0 Å². The molecule has 0 bridgehead atoms. The third kappa shape index (κ3) is 17.1. The minimum absolute atomic E-state index is 0.102. The number of unbranched alkanes of at least 4 members (excludes halogenated alkanes) is 15. The Morgan fingerprint density at radius 1 is 0.727 bits per heavy atom. The van der Waals surface area contributed by atoms with Crippen LogP contribution in [0, 0.1) is 0 Å². The van der Waals surface area contributed by atoms with Gasteiger partial charge in [0.25, 0.3) is 0 Å². The predicted octanol–water partition coefficient (Wildman–Crippen LogP) is 6.48. The molecule has 0 aliphatic carbocycles. The van der Waals surface area contributed by atoms with Crippen LogP contribution in [0.5, 0.6) is 0 Å². The predicted molar refractivity (Wildman–Crippen MR) is 140 cm³/mol. The molecule has 1 fully saturated rings. The molecule has 0 radical (unpaired) electrons. The molecule has 33 heavy (non-hydrogen) atoms. The van der Waals surface area contributed by atoms with Crippen molar-refractivity contribution in [3.63, 3.8) is 0 Å². The largest absolute Gasteiger partial charge is 0.356 e. The molecule has 0 aromatic carbocycles. The van der Waals surface area contributed by atoms with E-state index in [1.165, 1.54) is 89.9 Å². The highest BCUT2D eigenvalue weighted by atomic mass is 16.2. The zero-order valence-electron chi connectivity index (χ0n) is 21.9. The highest BCUT2D eigenvalue weighted by molar-refractivity contribution is 5.81. The topological polar surface area (TPSA) is 75.4 Å². The molecule has 1 atom stereocenters. The van der Waals surface area contributed by atoms with Gasteiger partial charge in [-0.1, -0.05) is 96.8 Å². The van der Waals surface area contributed by atoms with Crippen LogP contribution in [0.2, 0.25) is 0 Å². The van der Waals surface area contributed by atoms with E-state index in [4.69, 9.17) is 5.73 Å². The maximum Gasteiger partial charge on any atom is 0.239 e. The summed E-state index contributed by atoms with van der Waals surface area (Å²) in [5.74, 6) is 0.270. The van der Waals surface area contributed by atoms with Gasteiger partial charge in [0.2, 0.25) is 11.8 Å². The van der Waals surface area contributed by atoms with E-state index in [9.17, 15) is 9.59 Å². The standard InChI is InChI=1S/C28H55N3O2/c1-2-3-4-5-6-7-8-9-10-11-12-13-14-15-16-22-27(32)30-23-18-17-21-26(29)28(33)31-24-19-20-25-31/h26H,2-25,29H2,1H3,(H,30,32)/t26-/m0/s1. The SMILES string of the molecule is CCCCCCCCCCCCCCCCCC(=O)NCCCC[C@H](N)C(=O)N1CCCC1. The van der Waals surface area contributed by atoms with Gasteiger partial charge in [-0.25, -0.2) is 0 Å². The molecule has 0 unspecified atom stereocenters. The van der Waals surface area contributed by atoms with Gasteiger partial charge in [-0.3, -0.25) is 9.59 Å². The van der Waals surface area contributed by atoms with E-state index in [2.05, 4.69) is 12.2 Å². The number of likely N-dealkylation sites (tertiary alicyclic amines) is 1. The van der Waals surface area contributed by atoms with E-state index in [1.807, 2.05) is 4.90 Å². The summed E-state index contributed by atoms with van der Waals surface area (Å²) in [6.45, 7) is 4.70. The van der Waals surface area contributed by atoms with Crippen LogP contribution in [-0.2, 0) is 9.59 Å². The molecule has 1 aliphatic rings. The molecule has 1 heterocycles. The number of nitrogens with one attached hydrogen (secondary N) is 1. The third-order valence-corrected chi connectivity index (χ3v) is 7.01. The van der Waals surface area contributed by atoms with E-state index in [-0.39, 0.29) is 17.9 Å². The summed E-state index contributed by atoms with van der Waals surface area (Å²) >= 11 is 0. The van der Waals surface area contributed by atoms with Gasteiger partial charge in [-0.15, -0.1) is 0 Å². The number of amides is 2. The van der Waals surface area contributed by atoms with Crippen molar-refractivity contribution in [3.8, 4) is 0 Å². The smallest absolute Gasteiger partial charge is 0.239 e. The minimum Gasteiger partial charge on any atom is -0.356 e. The first-order valence-corrected chi connectivity index (χ1v) is 14.5. The van der Waals surface area contributed by atoms with Crippen LogP contribution in [0.25, 0.3) is 0 Å². The summed E-state index contributed by atoms with van der Waals surface area (Å²) < 4.78 is 0. The molecule has 0 aromatic rings. The van der Waals surface area contributed by atoms with Gasteiger partial charge in [0, 0.05) is 26.1 Å².